The molecule has 24 heavy (non-hydrogen) atoms. The summed E-state index contributed by atoms with van der Waals surface area (Å²) in [7, 11) is 0. The standard InChI is InChI=1S/C17H24N4O2S/c18-8-15(17-19-9-12(10-22)24-17)21-16(23)14-7-6-13(20-14)11-4-2-1-3-5-11/h6-7,9,11,15,20,22H,1-5,8,10,18H2,(H,21,23)/t15-/m1/s1. The molecule has 1 aliphatic carbocycles. The third-order valence-corrected chi connectivity index (χ3v) is 5.66. The molecule has 2 heterocycles. The lowest BCUT2D eigenvalue weighted by Crippen LogP contribution is -2.33. The van der Waals surface area contributed by atoms with Crippen molar-refractivity contribution in [3.63, 3.8) is 0 Å². The number of carbonyl (C=O) groups is 1. The molecule has 0 aliphatic heterocycles. The number of amides is 1. The van der Waals surface area contributed by atoms with Crippen molar-refractivity contribution in [3.05, 3.63) is 39.6 Å². The average molecular weight is 348 g/mol. The van der Waals surface area contributed by atoms with Gasteiger partial charge >= 0.3 is 0 Å². The van der Waals surface area contributed by atoms with Crippen LogP contribution in [0, 0.1) is 0 Å². The lowest BCUT2D eigenvalue weighted by Gasteiger charge is -2.20. The lowest BCUT2D eigenvalue weighted by atomic mass is 9.87. The van der Waals surface area contributed by atoms with E-state index in [0.717, 1.165) is 10.6 Å². The number of aliphatic hydroxyl groups excluding tert-OH is 1. The normalized spacial score (nSPS) is 16.9. The molecule has 0 radical (unpaired) electrons. The van der Waals surface area contributed by atoms with Gasteiger partial charge in [0, 0.05) is 18.4 Å². The third kappa shape index (κ3) is 3.85. The van der Waals surface area contributed by atoms with Gasteiger partial charge in [0.2, 0.25) is 0 Å². The van der Waals surface area contributed by atoms with Gasteiger partial charge in [0.1, 0.15) is 10.7 Å². The minimum Gasteiger partial charge on any atom is -0.391 e. The monoisotopic (exact) mass is 348 g/mol. The molecule has 1 atom stereocenters. The van der Waals surface area contributed by atoms with E-state index < -0.39 is 0 Å². The Morgan fingerprint density at radius 2 is 2.21 bits per heavy atom. The number of nitrogens with zero attached hydrogens (tertiary/aromatic N) is 1. The molecule has 0 saturated heterocycles. The Bertz CT molecular complexity index is 676. The fourth-order valence-corrected chi connectivity index (χ4v) is 4.05. The van der Waals surface area contributed by atoms with Gasteiger partial charge in [-0.05, 0) is 30.9 Å². The van der Waals surface area contributed by atoms with Crippen LogP contribution in [-0.4, -0.2) is 27.5 Å². The molecule has 0 spiro atoms. The van der Waals surface area contributed by atoms with Crippen LogP contribution in [-0.2, 0) is 6.61 Å². The van der Waals surface area contributed by atoms with Crippen molar-refractivity contribution >= 4 is 17.2 Å². The summed E-state index contributed by atoms with van der Waals surface area (Å²) in [5.41, 5.74) is 7.50. The Hall–Kier alpha value is -1.70. The Balaban J connectivity index is 1.66. The number of hydrogen-bond acceptors (Lipinski definition) is 5. The molecule has 0 bridgehead atoms. The van der Waals surface area contributed by atoms with Crippen LogP contribution in [0.4, 0.5) is 0 Å². The maximum atomic E-state index is 12.5. The molecule has 0 aromatic carbocycles. The molecular weight excluding hydrogens is 324 g/mol. The highest BCUT2D eigenvalue weighted by Gasteiger charge is 2.21. The van der Waals surface area contributed by atoms with E-state index in [1.54, 1.807) is 6.20 Å². The predicted octanol–water partition coefficient (Wildman–Crippen LogP) is 2.44. The quantitative estimate of drug-likeness (QED) is 0.643. The number of nitrogens with one attached hydrogen (secondary N) is 2. The maximum Gasteiger partial charge on any atom is 0.268 e. The van der Waals surface area contributed by atoms with Gasteiger partial charge in [-0.1, -0.05) is 19.3 Å². The van der Waals surface area contributed by atoms with Crippen molar-refractivity contribution in [1.29, 1.82) is 0 Å². The number of aliphatic hydroxyl groups is 1. The number of aromatic nitrogens is 2. The topological polar surface area (TPSA) is 104 Å². The van der Waals surface area contributed by atoms with Crippen molar-refractivity contribution in [2.45, 2.75) is 50.7 Å². The zero-order valence-corrected chi connectivity index (χ0v) is 14.4. The molecule has 1 saturated carbocycles. The molecule has 6 nitrogen and oxygen atoms in total. The van der Waals surface area contributed by atoms with Crippen LogP contribution in [0.1, 0.15) is 70.1 Å². The summed E-state index contributed by atoms with van der Waals surface area (Å²) >= 11 is 1.36. The van der Waals surface area contributed by atoms with Crippen molar-refractivity contribution < 1.29 is 9.90 Å². The number of thiazole rings is 1. The fraction of sp³-hybridized carbons (Fsp3) is 0.529. The van der Waals surface area contributed by atoms with E-state index in [1.807, 2.05) is 12.1 Å². The smallest absolute Gasteiger partial charge is 0.268 e. The molecule has 0 unspecified atom stereocenters. The Labute approximate surface area is 145 Å². The van der Waals surface area contributed by atoms with Crippen LogP contribution in [0.2, 0.25) is 0 Å². The number of H-pyrrole nitrogens is 1. The highest BCUT2D eigenvalue weighted by atomic mass is 32.1. The first-order chi connectivity index (χ1) is 11.7. The summed E-state index contributed by atoms with van der Waals surface area (Å²) < 4.78 is 0. The van der Waals surface area contributed by atoms with Gasteiger partial charge in [-0.15, -0.1) is 11.3 Å². The number of nitrogens with two attached hydrogens (primary N) is 1. The fourth-order valence-electron chi connectivity index (χ4n) is 3.21. The first kappa shape index (κ1) is 17.1. The number of carbonyl (C=O) groups excluding carboxylic acids is 1. The molecule has 3 rings (SSSR count). The maximum absolute atomic E-state index is 12.5. The van der Waals surface area contributed by atoms with Gasteiger partial charge in [0.15, 0.2) is 0 Å². The molecule has 130 valence electrons. The van der Waals surface area contributed by atoms with Gasteiger partial charge in [0.05, 0.1) is 17.5 Å². The minimum absolute atomic E-state index is 0.0513. The van der Waals surface area contributed by atoms with Crippen LogP contribution in [0.25, 0.3) is 0 Å². The minimum atomic E-state index is -0.343. The van der Waals surface area contributed by atoms with Crippen molar-refractivity contribution in [1.82, 2.24) is 15.3 Å². The predicted molar refractivity (Wildman–Crippen MR) is 93.9 cm³/mol. The SMILES string of the molecule is NC[C@@H](NC(=O)c1ccc(C2CCCCC2)[nH]1)c1ncc(CO)s1. The Morgan fingerprint density at radius 3 is 2.88 bits per heavy atom. The van der Waals surface area contributed by atoms with Crippen molar-refractivity contribution in [3.8, 4) is 0 Å². The van der Waals surface area contributed by atoms with Crippen LogP contribution < -0.4 is 11.1 Å². The first-order valence-electron chi connectivity index (χ1n) is 8.46. The van der Waals surface area contributed by atoms with Gasteiger partial charge in [-0.25, -0.2) is 4.98 Å². The molecule has 1 aliphatic rings. The molecule has 2 aromatic heterocycles. The summed E-state index contributed by atoms with van der Waals surface area (Å²) in [6.45, 7) is 0.213. The van der Waals surface area contributed by atoms with E-state index >= 15 is 0 Å². The van der Waals surface area contributed by atoms with Crippen LogP contribution in [0.15, 0.2) is 18.3 Å². The molecule has 1 amide bonds. The zero-order valence-electron chi connectivity index (χ0n) is 13.6. The van der Waals surface area contributed by atoms with E-state index in [0.29, 0.717) is 16.6 Å². The van der Waals surface area contributed by atoms with Gasteiger partial charge in [0.25, 0.3) is 5.91 Å². The van der Waals surface area contributed by atoms with E-state index in [1.165, 1.54) is 43.4 Å². The number of hydrogen-bond donors (Lipinski definition) is 4. The summed E-state index contributed by atoms with van der Waals surface area (Å²) in [6, 6.07) is 3.52. The Kier molecular flexibility index (Phi) is 5.65. The molecule has 5 N–H and O–H groups in total. The third-order valence-electron chi connectivity index (χ3n) is 4.56. The second-order valence-corrected chi connectivity index (χ2v) is 7.39. The lowest BCUT2D eigenvalue weighted by molar-refractivity contribution is 0.0933. The summed E-state index contributed by atoms with van der Waals surface area (Å²) in [6.07, 6.45) is 7.83. The summed E-state index contributed by atoms with van der Waals surface area (Å²) in [4.78, 5) is 20.8. The second kappa shape index (κ2) is 7.92. The first-order valence-corrected chi connectivity index (χ1v) is 9.28. The van der Waals surface area contributed by atoms with E-state index in [9.17, 15) is 4.79 Å². The van der Waals surface area contributed by atoms with Gasteiger partial charge in [-0.3, -0.25) is 4.79 Å². The summed E-state index contributed by atoms with van der Waals surface area (Å²) in [5.74, 6) is 0.366. The highest BCUT2D eigenvalue weighted by Crippen LogP contribution is 2.32. The van der Waals surface area contributed by atoms with Crippen molar-refractivity contribution in [2.24, 2.45) is 5.73 Å². The molecule has 7 heteroatoms. The second-order valence-electron chi connectivity index (χ2n) is 6.25. The zero-order chi connectivity index (χ0) is 16.9. The largest absolute Gasteiger partial charge is 0.391 e. The molecule has 2 aromatic rings. The molecular formula is C17H24N4O2S. The van der Waals surface area contributed by atoms with Gasteiger partial charge < -0.3 is 21.1 Å². The van der Waals surface area contributed by atoms with Crippen LogP contribution >= 0.6 is 11.3 Å². The number of rotatable bonds is 6. The average Bonchev–Trinajstić information content (AvgIpc) is 3.29. The molecule has 1 fully saturated rings. The summed E-state index contributed by atoms with van der Waals surface area (Å²) in [5, 5.41) is 12.8. The van der Waals surface area contributed by atoms with Crippen molar-refractivity contribution in [2.75, 3.05) is 6.54 Å². The van der Waals surface area contributed by atoms with E-state index in [-0.39, 0.29) is 25.1 Å². The van der Waals surface area contributed by atoms with E-state index in [2.05, 4.69) is 15.3 Å². The van der Waals surface area contributed by atoms with Crippen LogP contribution in [0.5, 0.6) is 0 Å². The van der Waals surface area contributed by atoms with E-state index in [4.69, 9.17) is 10.8 Å². The van der Waals surface area contributed by atoms with Crippen LogP contribution in [0.3, 0.4) is 0 Å². The number of aromatic amines is 1. The Morgan fingerprint density at radius 1 is 1.42 bits per heavy atom. The highest BCUT2D eigenvalue weighted by molar-refractivity contribution is 7.11. The van der Waals surface area contributed by atoms with Gasteiger partial charge in [-0.2, -0.15) is 0 Å².